The van der Waals surface area contributed by atoms with E-state index in [1.54, 1.807) is 0 Å². The first-order valence-electron chi connectivity index (χ1n) is 5.90. The van der Waals surface area contributed by atoms with E-state index in [1.807, 2.05) is 6.92 Å². The van der Waals surface area contributed by atoms with Crippen molar-refractivity contribution in [2.45, 2.75) is 24.7 Å². The number of unbranched alkanes of at least 4 members (excludes halogenated alkanes) is 1. The van der Waals surface area contributed by atoms with Crippen LogP contribution in [0.2, 0.25) is 0 Å². The average Bonchev–Trinajstić information content (AvgIpc) is 2.36. The lowest BCUT2D eigenvalue weighted by atomic mass is 10.2. The molecule has 19 heavy (non-hydrogen) atoms. The maximum atomic E-state index is 13.7. The van der Waals surface area contributed by atoms with Gasteiger partial charge in [-0.15, -0.1) is 0 Å². The Morgan fingerprint density at radius 3 is 2.74 bits per heavy atom. The van der Waals surface area contributed by atoms with E-state index in [0.717, 1.165) is 12.5 Å². The van der Waals surface area contributed by atoms with Crippen molar-refractivity contribution in [1.29, 1.82) is 0 Å². The third kappa shape index (κ3) is 4.63. The van der Waals surface area contributed by atoms with Crippen LogP contribution in [0.1, 0.15) is 25.3 Å². The molecule has 6 heteroatoms. The number of aliphatic hydroxyl groups excluding tert-OH is 1. The van der Waals surface area contributed by atoms with Crippen molar-refractivity contribution >= 4 is 10.0 Å². The molecule has 0 atom stereocenters. The molecule has 0 saturated heterocycles. The largest absolute Gasteiger partial charge is 0.384 e. The van der Waals surface area contributed by atoms with E-state index >= 15 is 0 Å². The Bertz CT molecular complexity index is 588. The summed E-state index contributed by atoms with van der Waals surface area (Å²) in [6.07, 6.45) is 1.54. The van der Waals surface area contributed by atoms with Crippen molar-refractivity contribution in [2.24, 2.45) is 0 Å². The highest BCUT2D eigenvalue weighted by molar-refractivity contribution is 7.89. The summed E-state index contributed by atoms with van der Waals surface area (Å²) < 4.78 is 39.7. The first kappa shape index (κ1) is 15.6. The van der Waals surface area contributed by atoms with Gasteiger partial charge in [0.25, 0.3) is 0 Å². The highest BCUT2D eigenvalue weighted by Crippen LogP contribution is 2.15. The standard InChI is InChI=1S/C13H16FNO3S/c1-2-3-8-15-19(17,18)13-7-6-11(5-4-9-16)10-12(13)14/h6-7,10,15-16H,2-3,8-9H2,1H3. The molecule has 0 fully saturated rings. The molecule has 104 valence electrons. The number of hydrogen-bond donors (Lipinski definition) is 2. The lowest BCUT2D eigenvalue weighted by Crippen LogP contribution is -2.25. The smallest absolute Gasteiger partial charge is 0.243 e. The topological polar surface area (TPSA) is 66.4 Å². The molecule has 0 aromatic heterocycles. The molecule has 0 aliphatic heterocycles. The predicted molar refractivity (Wildman–Crippen MR) is 70.5 cm³/mol. The Hall–Kier alpha value is -1.42. The summed E-state index contributed by atoms with van der Waals surface area (Å²) in [5.74, 6) is 4.02. The Morgan fingerprint density at radius 1 is 1.42 bits per heavy atom. The van der Waals surface area contributed by atoms with Crippen molar-refractivity contribution in [3.05, 3.63) is 29.6 Å². The minimum absolute atomic E-state index is 0.282. The molecule has 1 rings (SSSR count). The third-order valence-electron chi connectivity index (χ3n) is 2.36. The fraction of sp³-hybridized carbons (Fsp3) is 0.385. The van der Waals surface area contributed by atoms with Gasteiger partial charge in [-0.25, -0.2) is 17.5 Å². The summed E-state index contributed by atoms with van der Waals surface area (Å²) in [6, 6.07) is 3.61. The van der Waals surface area contributed by atoms with Gasteiger partial charge in [0, 0.05) is 12.1 Å². The van der Waals surface area contributed by atoms with Crippen molar-refractivity contribution in [2.75, 3.05) is 13.2 Å². The zero-order valence-corrected chi connectivity index (χ0v) is 11.4. The zero-order chi connectivity index (χ0) is 14.3. The van der Waals surface area contributed by atoms with E-state index < -0.39 is 20.7 Å². The quantitative estimate of drug-likeness (QED) is 0.632. The average molecular weight is 285 g/mol. The summed E-state index contributed by atoms with van der Waals surface area (Å²) in [5.41, 5.74) is 0.319. The first-order valence-corrected chi connectivity index (χ1v) is 7.38. The van der Waals surface area contributed by atoms with Gasteiger partial charge < -0.3 is 5.11 Å². The van der Waals surface area contributed by atoms with Gasteiger partial charge >= 0.3 is 0 Å². The molecule has 0 bridgehead atoms. The second-order valence-electron chi connectivity index (χ2n) is 3.86. The molecule has 0 unspecified atom stereocenters. The zero-order valence-electron chi connectivity index (χ0n) is 10.6. The normalized spacial score (nSPS) is 10.9. The molecule has 0 aliphatic carbocycles. The summed E-state index contributed by atoms with van der Waals surface area (Å²) >= 11 is 0. The van der Waals surface area contributed by atoms with Gasteiger partial charge in [-0.1, -0.05) is 25.2 Å². The first-order chi connectivity index (χ1) is 9.01. The van der Waals surface area contributed by atoms with Crippen LogP contribution in [-0.2, 0) is 10.0 Å². The van der Waals surface area contributed by atoms with Crippen LogP contribution in [0.4, 0.5) is 4.39 Å². The van der Waals surface area contributed by atoms with Crippen molar-refractivity contribution in [1.82, 2.24) is 4.72 Å². The Morgan fingerprint density at radius 2 is 2.16 bits per heavy atom. The van der Waals surface area contributed by atoms with Crippen LogP contribution in [0.5, 0.6) is 0 Å². The van der Waals surface area contributed by atoms with E-state index in [9.17, 15) is 12.8 Å². The number of benzene rings is 1. The Balaban J connectivity index is 2.95. The van der Waals surface area contributed by atoms with E-state index in [2.05, 4.69) is 16.6 Å². The fourth-order valence-corrected chi connectivity index (χ4v) is 2.53. The number of hydrogen-bond acceptors (Lipinski definition) is 3. The van der Waals surface area contributed by atoms with E-state index in [0.29, 0.717) is 12.0 Å². The van der Waals surface area contributed by atoms with Gasteiger partial charge in [0.15, 0.2) is 0 Å². The monoisotopic (exact) mass is 285 g/mol. The number of rotatable bonds is 5. The molecule has 0 aliphatic rings. The molecule has 4 nitrogen and oxygen atoms in total. The third-order valence-corrected chi connectivity index (χ3v) is 3.85. The highest BCUT2D eigenvalue weighted by Gasteiger charge is 2.18. The van der Waals surface area contributed by atoms with Gasteiger partial charge in [0.1, 0.15) is 17.3 Å². The molecular weight excluding hydrogens is 269 g/mol. The summed E-state index contributed by atoms with van der Waals surface area (Å²) in [5, 5.41) is 8.53. The van der Waals surface area contributed by atoms with Crippen molar-refractivity contribution in [3.8, 4) is 11.8 Å². The molecule has 1 aromatic rings. The lowest BCUT2D eigenvalue weighted by molar-refractivity contribution is 0.350. The van der Waals surface area contributed by atoms with E-state index in [1.165, 1.54) is 12.1 Å². The second kappa shape index (κ2) is 7.24. The molecule has 0 saturated carbocycles. The molecule has 1 aromatic carbocycles. The number of sulfonamides is 1. The molecule has 0 heterocycles. The van der Waals surface area contributed by atoms with Gasteiger partial charge in [0.05, 0.1) is 0 Å². The van der Waals surface area contributed by atoms with Crippen molar-refractivity contribution < 1.29 is 17.9 Å². The Labute approximate surface area is 112 Å². The molecule has 0 spiro atoms. The van der Waals surface area contributed by atoms with Gasteiger partial charge in [-0.05, 0) is 24.6 Å². The number of nitrogens with one attached hydrogen (secondary N) is 1. The van der Waals surface area contributed by atoms with Gasteiger partial charge in [-0.3, -0.25) is 0 Å². The Kier molecular flexibility index (Phi) is 5.96. The summed E-state index contributed by atoms with van der Waals surface area (Å²) in [4.78, 5) is -0.391. The van der Waals surface area contributed by atoms with Crippen LogP contribution < -0.4 is 4.72 Å². The van der Waals surface area contributed by atoms with Crippen LogP contribution in [-0.4, -0.2) is 26.7 Å². The van der Waals surface area contributed by atoms with Gasteiger partial charge in [-0.2, -0.15) is 0 Å². The number of halogens is 1. The maximum absolute atomic E-state index is 13.7. The molecular formula is C13H16FNO3S. The molecule has 2 N–H and O–H groups in total. The highest BCUT2D eigenvalue weighted by atomic mass is 32.2. The predicted octanol–water partition coefficient (Wildman–Crippen LogP) is 1.25. The fourth-order valence-electron chi connectivity index (χ4n) is 1.40. The molecule has 0 amide bonds. The molecule has 0 radical (unpaired) electrons. The van der Waals surface area contributed by atoms with Crippen LogP contribution in [0.25, 0.3) is 0 Å². The number of aliphatic hydroxyl groups is 1. The second-order valence-corrected chi connectivity index (χ2v) is 5.59. The summed E-state index contributed by atoms with van der Waals surface area (Å²) in [7, 11) is -3.82. The summed E-state index contributed by atoms with van der Waals surface area (Å²) in [6.45, 7) is 1.88. The van der Waals surface area contributed by atoms with Gasteiger partial charge in [0.2, 0.25) is 10.0 Å². The minimum Gasteiger partial charge on any atom is -0.384 e. The van der Waals surface area contributed by atoms with E-state index in [4.69, 9.17) is 5.11 Å². The van der Waals surface area contributed by atoms with Crippen LogP contribution in [0.3, 0.4) is 0 Å². The van der Waals surface area contributed by atoms with Crippen LogP contribution >= 0.6 is 0 Å². The minimum atomic E-state index is -3.82. The maximum Gasteiger partial charge on any atom is 0.243 e. The van der Waals surface area contributed by atoms with Crippen LogP contribution in [0, 0.1) is 17.7 Å². The van der Waals surface area contributed by atoms with Crippen LogP contribution in [0.15, 0.2) is 23.1 Å². The van der Waals surface area contributed by atoms with Crippen molar-refractivity contribution in [3.63, 3.8) is 0 Å². The SMILES string of the molecule is CCCCNS(=O)(=O)c1ccc(C#CCO)cc1F. The van der Waals surface area contributed by atoms with E-state index in [-0.39, 0.29) is 13.2 Å². The lowest BCUT2D eigenvalue weighted by Gasteiger charge is -2.07.